The maximum absolute atomic E-state index is 4.19. The Morgan fingerprint density at radius 3 is 1.57 bits per heavy atom. The summed E-state index contributed by atoms with van der Waals surface area (Å²) in [5.74, 6) is 0.815. The van der Waals surface area contributed by atoms with Gasteiger partial charge in [0.15, 0.2) is 5.82 Å². The van der Waals surface area contributed by atoms with E-state index in [9.17, 15) is 0 Å². The minimum atomic E-state index is -0.0712. The van der Waals surface area contributed by atoms with Crippen molar-refractivity contribution in [3.8, 4) is 0 Å². The Hall–Kier alpha value is -0.930. The van der Waals surface area contributed by atoms with Crippen LogP contribution in [0.1, 0.15) is 94.8 Å². The number of nitrogens with zero attached hydrogens (tertiary/aromatic N) is 3. The highest BCUT2D eigenvalue weighted by atomic mass is 15.5. The molecule has 0 aliphatic heterocycles. The molecule has 0 saturated carbocycles. The molecule has 1 aromatic heterocycles. The molecular formula is C17H38N4. The number of aromatic amines is 1. The fourth-order valence-corrected chi connectivity index (χ4v) is 2.14. The number of tetrazole rings is 1. The third kappa shape index (κ3) is 7.58. The number of hydrogen-bond donors (Lipinski definition) is 1. The second-order valence-corrected chi connectivity index (χ2v) is 7.76. The average Bonchev–Trinajstić information content (AvgIpc) is 2.82. The van der Waals surface area contributed by atoms with Crippen LogP contribution in [-0.4, -0.2) is 20.6 Å². The largest absolute Gasteiger partial charge is 0.180 e. The van der Waals surface area contributed by atoms with Crippen molar-refractivity contribution in [2.75, 3.05) is 0 Å². The molecular weight excluding hydrogens is 260 g/mol. The molecule has 0 fully saturated rings. The van der Waals surface area contributed by atoms with Gasteiger partial charge in [-0.3, -0.25) is 0 Å². The summed E-state index contributed by atoms with van der Waals surface area (Å²) in [6, 6.07) is 0. The molecule has 4 heteroatoms. The van der Waals surface area contributed by atoms with E-state index < -0.39 is 0 Å². The van der Waals surface area contributed by atoms with Crippen molar-refractivity contribution in [3.63, 3.8) is 0 Å². The monoisotopic (exact) mass is 298 g/mol. The Balaban J connectivity index is 0. The second-order valence-electron chi connectivity index (χ2n) is 7.76. The van der Waals surface area contributed by atoms with Crippen LogP contribution in [0.15, 0.2) is 0 Å². The van der Waals surface area contributed by atoms with Gasteiger partial charge in [0.2, 0.25) is 0 Å². The topological polar surface area (TPSA) is 54.5 Å². The number of H-pyrrole nitrogens is 1. The quantitative estimate of drug-likeness (QED) is 0.797. The molecule has 126 valence electrons. The van der Waals surface area contributed by atoms with Crippen LogP contribution in [0.4, 0.5) is 0 Å². The first-order valence-corrected chi connectivity index (χ1v) is 8.22. The molecule has 0 aliphatic carbocycles. The lowest BCUT2D eigenvalue weighted by Crippen LogP contribution is -2.41. The number of hydrogen-bond acceptors (Lipinski definition) is 3. The summed E-state index contributed by atoms with van der Waals surface area (Å²) >= 11 is 0. The molecule has 1 atom stereocenters. The molecule has 1 rings (SSSR count). The van der Waals surface area contributed by atoms with E-state index in [1.165, 1.54) is 6.42 Å². The highest BCUT2D eigenvalue weighted by Crippen LogP contribution is 2.46. The van der Waals surface area contributed by atoms with Crippen LogP contribution in [0.5, 0.6) is 0 Å². The first kappa shape index (κ1) is 22.4. The van der Waals surface area contributed by atoms with Crippen LogP contribution >= 0.6 is 0 Å². The molecule has 1 unspecified atom stereocenters. The molecule has 1 heterocycles. The Bertz CT molecular complexity index is 344. The van der Waals surface area contributed by atoms with Gasteiger partial charge < -0.3 is 0 Å². The maximum atomic E-state index is 4.19. The van der Waals surface area contributed by atoms with E-state index in [2.05, 4.69) is 82.9 Å². The molecule has 0 saturated heterocycles. The van der Waals surface area contributed by atoms with E-state index in [1.54, 1.807) is 0 Å². The van der Waals surface area contributed by atoms with Gasteiger partial charge in [-0.25, -0.2) is 0 Å². The predicted octanol–water partition coefficient (Wildman–Crippen LogP) is 5.38. The second kappa shape index (κ2) is 9.16. The lowest BCUT2D eigenvalue weighted by molar-refractivity contribution is 0.125. The molecule has 0 bridgehead atoms. The van der Waals surface area contributed by atoms with Crippen molar-refractivity contribution in [3.05, 3.63) is 5.82 Å². The van der Waals surface area contributed by atoms with E-state index in [0.29, 0.717) is 0 Å². The molecule has 0 aromatic carbocycles. The van der Waals surface area contributed by atoms with Gasteiger partial charge in [-0.1, -0.05) is 87.8 Å². The Morgan fingerprint density at radius 2 is 1.33 bits per heavy atom. The molecule has 1 N–H and O–H groups in total. The molecule has 0 aliphatic rings. The van der Waals surface area contributed by atoms with E-state index in [0.717, 1.165) is 12.2 Å². The summed E-state index contributed by atoms with van der Waals surface area (Å²) < 4.78 is 0. The maximum Gasteiger partial charge on any atom is 0.180 e. The molecule has 0 amide bonds. The van der Waals surface area contributed by atoms with Crippen molar-refractivity contribution in [2.45, 2.75) is 94.4 Å². The SMILES string of the molecule is CC.CC(C)(C)CC(C)(c1nn[nH]n1)C(C)(C)C.CCC. The third-order valence-corrected chi connectivity index (χ3v) is 3.38. The summed E-state index contributed by atoms with van der Waals surface area (Å²) in [5, 5.41) is 14.6. The van der Waals surface area contributed by atoms with Crippen molar-refractivity contribution < 1.29 is 0 Å². The number of rotatable bonds is 2. The lowest BCUT2D eigenvalue weighted by Gasteiger charge is -2.43. The predicted molar refractivity (Wildman–Crippen MR) is 92.4 cm³/mol. The average molecular weight is 299 g/mol. The summed E-state index contributed by atoms with van der Waals surface area (Å²) in [6.45, 7) is 23.9. The van der Waals surface area contributed by atoms with Crippen LogP contribution in [0.25, 0.3) is 0 Å². The molecule has 21 heavy (non-hydrogen) atoms. The summed E-state index contributed by atoms with van der Waals surface area (Å²) in [4.78, 5) is 0. The van der Waals surface area contributed by atoms with Crippen LogP contribution in [-0.2, 0) is 5.41 Å². The fourth-order valence-electron chi connectivity index (χ4n) is 2.14. The summed E-state index contributed by atoms with van der Waals surface area (Å²) in [5.41, 5.74) is 0.269. The van der Waals surface area contributed by atoms with E-state index in [1.807, 2.05) is 13.8 Å². The first-order chi connectivity index (χ1) is 9.48. The van der Waals surface area contributed by atoms with Crippen molar-refractivity contribution in [1.29, 1.82) is 0 Å². The smallest absolute Gasteiger partial charge is 0.177 e. The van der Waals surface area contributed by atoms with Gasteiger partial charge in [0.05, 0.1) is 0 Å². The molecule has 0 radical (unpaired) electrons. The van der Waals surface area contributed by atoms with Crippen molar-refractivity contribution in [2.24, 2.45) is 10.8 Å². The fraction of sp³-hybridized carbons (Fsp3) is 0.941. The van der Waals surface area contributed by atoms with Gasteiger partial charge in [0, 0.05) is 5.41 Å². The molecule has 4 nitrogen and oxygen atoms in total. The van der Waals surface area contributed by atoms with Crippen LogP contribution in [0.3, 0.4) is 0 Å². The van der Waals surface area contributed by atoms with E-state index in [4.69, 9.17) is 0 Å². The van der Waals surface area contributed by atoms with Crippen LogP contribution in [0.2, 0.25) is 0 Å². The summed E-state index contributed by atoms with van der Waals surface area (Å²) in [7, 11) is 0. The van der Waals surface area contributed by atoms with Gasteiger partial charge in [-0.2, -0.15) is 5.21 Å². The molecule has 1 aromatic rings. The number of nitrogens with one attached hydrogen (secondary N) is 1. The van der Waals surface area contributed by atoms with Gasteiger partial charge in [-0.15, -0.1) is 10.2 Å². The summed E-state index contributed by atoms with van der Waals surface area (Å²) in [6.07, 6.45) is 2.28. The highest BCUT2D eigenvalue weighted by molar-refractivity contribution is 5.10. The molecule has 0 spiro atoms. The Kier molecular flexibility index (Phi) is 9.75. The standard InChI is InChI=1S/C12H24N4.C3H8.C2H6/c1-10(2,3)8-12(7,11(4,5)6)9-13-15-16-14-9;1-3-2;1-2/h8H2,1-7H3,(H,13,14,15,16);3H2,1-2H3;1-2H3. The lowest BCUT2D eigenvalue weighted by atomic mass is 9.61. The normalized spacial score (nSPS) is 14.2. The minimum Gasteiger partial charge on any atom is -0.177 e. The highest BCUT2D eigenvalue weighted by Gasteiger charge is 2.44. The third-order valence-electron chi connectivity index (χ3n) is 3.38. The minimum absolute atomic E-state index is 0.0712. The van der Waals surface area contributed by atoms with Gasteiger partial charge >= 0.3 is 0 Å². The van der Waals surface area contributed by atoms with E-state index in [-0.39, 0.29) is 16.2 Å². The zero-order valence-corrected chi connectivity index (χ0v) is 16.3. The van der Waals surface area contributed by atoms with Gasteiger partial charge in [0.25, 0.3) is 0 Å². The van der Waals surface area contributed by atoms with Gasteiger partial charge in [0.1, 0.15) is 0 Å². The van der Waals surface area contributed by atoms with E-state index >= 15 is 0 Å². The van der Waals surface area contributed by atoms with Gasteiger partial charge in [-0.05, 0) is 17.3 Å². The first-order valence-electron chi connectivity index (χ1n) is 8.22. The zero-order valence-electron chi connectivity index (χ0n) is 16.3. The van der Waals surface area contributed by atoms with Crippen molar-refractivity contribution in [1.82, 2.24) is 20.6 Å². The van der Waals surface area contributed by atoms with Crippen LogP contribution in [0, 0.1) is 10.8 Å². The number of aromatic nitrogens is 4. The Morgan fingerprint density at radius 1 is 0.905 bits per heavy atom. The zero-order chi connectivity index (χ0) is 17.3. The van der Waals surface area contributed by atoms with Crippen molar-refractivity contribution >= 4 is 0 Å². The Labute approximate surface area is 132 Å². The van der Waals surface area contributed by atoms with Crippen LogP contribution < -0.4 is 0 Å².